The Bertz CT molecular complexity index is 1270. The van der Waals surface area contributed by atoms with Crippen molar-refractivity contribution >= 4 is 40.2 Å². The molecular weight excluding hydrogens is 446 g/mol. The van der Waals surface area contributed by atoms with Crippen LogP contribution in [-0.4, -0.2) is 41.1 Å². The Labute approximate surface area is 194 Å². The first-order valence-electron chi connectivity index (χ1n) is 10.5. The molecule has 1 N–H and O–H groups in total. The first kappa shape index (κ1) is 22.7. The third-order valence-corrected chi connectivity index (χ3v) is 6.04. The fraction of sp³-hybridized carbons (Fsp3) is 0.304. The molecule has 0 unspecified atom stereocenters. The molecule has 0 fully saturated rings. The van der Waals surface area contributed by atoms with Crippen molar-refractivity contribution in [1.82, 2.24) is 9.55 Å². The van der Waals surface area contributed by atoms with Crippen LogP contribution in [0.25, 0.3) is 10.9 Å². The van der Waals surface area contributed by atoms with Crippen LogP contribution >= 0.6 is 11.8 Å². The third kappa shape index (κ3) is 4.95. The number of carbonyl (C=O) groups excluding carboxylic acids is 2. The number of amides is 1. The number of ether oxygens (including phenoxy) is 3. The van der Waals surface area contributed by atoms with Gasteiger partial charge in [-0.1, -0.05) is 25.1 Å². The van der Waals surface area contributed by atoms with Gasteiger partial charge in [0.2, 0.25) is 12.7 Å². The number of rotatable bonds is 8. The van der Waals surface area contributed by atoms with Crippen molar-refractivity contribution in [1.29, 1.82) is 0 Å². The van der Waals surface area contributed by atoms with E-state index in [4.69, 9.17) is 14.2 Å². The van der Waals surface area contributed by atoms with Gasteiger partial charge in [-0.25, -0.2) is 9.78 Å². The molecule has 0 saturated carbocycles. The second kappa shape index (κ2) is 9.95. The molecule has 2 aromatic carbocycles. The Balaban J connectivity index is 1.57. The molecule has 1 aliphatic rings. The number of hydrogen-bond acceptors (Lipinski definition) is 8. The van der Waals surface area contributed by atoms with Crippen molar-refractivity contribution in [3.63, 3.8) is 0 Å². The van der Waals surface area contributed by atoms with Gasteiger partial charge < -0.3 is 19.5 Å². The van der Waals surface area contributed by atoms with E-state index in [1.807, 2.05) is 6.92 Å². The van der Waals surface area contributed by atoms with Crippen molar-refractivity contribution in [2.24, 2.45) is 0 Å². The monoisotopic (exact) mass is 469 g/mol. The van der Waals surface area contributed by atoms with Gasteiger partial charge in [0.15, 0.2) is 16.7 Å². The molecule has 9 nitrogen and oxygen atoms in total. The summed E-state index contributed by atoms with van der Waals surface area (Å²) < 4.78 is 17.0. The topological polar surface area (TPSA) is 109 Å². The summed E-state index contributed by atoms with van der Waals surface area (Å²) >= 11 is 1.17. The number of thioether (sulfide) groups is 1. The van der Waals surface area contributed by atoms with Crippen LogP contribution in [0.2, 0.25) is 0 Å². The first-order valence-corrected chi connectivity index (χ1v) is 11.4. The number of esters is 1. The number of fused-ring (bicyclic) bond motifs is 2. The smallest absolute Gasteiger partial charge is 0.337 e. The summed E-state index contributed by atoms with van der Waals surface area (Å²) in [5.41, 5.74) is 1.07. The van der Waals surface area contributed by atoms with E-state index in [1.54, 1.807) is 34.9 Å². The molecular formula is C23H23N3O6S. The van der Waals surface area contributed by atoms with Crippen molar-refractivity contribution < 1.29 is 23.8 Å². The average molecular weight is 470 g/mol. The zero-order valence-electron chi connectivity index (χ0n) is 18.3. The van der Waals surface area contributed by atoms with Gasteiger partial charge in [0.25, 0.3) is 5.56 Å². The van der Waals surface area contributed by atoms with E-state index in [0.717, 1.165) is 12.8 Å². The lowest BCUT2D eigenvalue weighted by atomic mass is 10.1. The van der Waals surface area contributed by atoms with Gasteiger partial charge >= 0.3 is 5.97 Å². The van der Waals surface area contributed by atoms with E-state index >= 15 is 0 Å². The fourth-order valence-electron chi connectivity index (χ4n) is 3.37. The van der Waals surface area contributed by atoms with E-state index in [1.165, 1.54) is 24.9 Å². The molecule has 0 atom stereocenters. The Morgan fingerprint density at radius 2 is 2.00 bits per heavy atom. The molecule has 0 spiro atoms. The number of unbranched alkanes of at least 4 members (excludes halogenated alkanes) is 1. The number of carbonyl (C=O) groups is 2. The quantitative estimate of drug-likeness (QED) is 0.304. The number of nitrogens with zero attached hydrogens (tertiary/aromatic N) is 2. The van der Waals surface area contributed by atoms with E-state index in [0.29, 0.717) is 45.4 Å². The van der Waals surface area contributed by atoms with E-state index in [2.05, 4.69) is 10.3 Å². The molecule has 0 saturated heterocycles. The number of methoxy groups -OCH3 is 1. The van der Waals surface area contributed by atoms with Gasteiger partial charge in [-0.05, 0) is 36.8 Å². The Morgan fingerprint density at radius 1 is 1.18 bits per heavy atom. The molecule has 0 bridgehead atoms. The van der Waals surface area contributed by atoms with Crippen LogP contribution in [0.4, 0.5) is 5.69 Å². The van der Waals surface area contributed by atoms with Crippen molar-refractivity contribution in [2.75, 3.05) is 25.0 Å². The largest absolute Gasteiger partial charge is 0.465 e. The summed E-state index contributed by atoms with van der Waals surface area (Å²) in [6.07, 6.45) is 1.70. The molecule has 4 rings (SSSR count). The molecule has 1 amide bonds. The minimum absolute atomic E-state index is 0.0508. The molecule has 1 aliphatic heterocycles. The van der Waals surface area contributed by atoms with Gasteiger partial charge in [-0.2, -0.15) is 0 Å². The number of hydrogen-bond donors (Lipinski definition) is 1. The maximum Gasteiger partial charge on any atom is 0.337 e. The normalized spacial score (nSPS) is 12.1. The summed E-state index contributed by atoms with van der Waals surface area (Å²) in [7, 11) is 1.29. The molecule has 172 valence electrons. The number of nitrogens with one attached hydrogen (secondary N) is 1. The van der Waals surface area contributed by atoms with Gasteiger partial charge in [-0.3, -0.25) is 14.2 Å². The van der Waals surface area contributed by atoms with Gasteiger partial charge in [0.05, 0.1) is 29.3 Å². The number of anilines is 1. The molecule has 3 aromatic rings. The lowest BCUT2D eigenvalue weighted by molar-refractivity contribution is -0.113. The fourth-order valence-corrected chi connectivity index (χ4v) is 4.20. The predicted molar refractivity (Wildman–Crippen MR) is 124 cm³/mol. The highest BCUT2D eigenvalue weighted by Crippen LogP contribution is 2.34. The zero-order chi connectivity index (χ0) is 23.4. The lowest BCUT2D eigenvalue weighted by Crippen LogP contribution is -2.24. The van der Waals surface area contributed by atoms with Crippen LogP contribution in [0, 0.1) is 0 Å². The Kier molecular flexibility index (Phi) is 6.83. The molecule has 1 aromatic heterocycles. The van der Waals surface area contributed by atoms with Crippen LogP contribution in [-0.2, 0) is 16.1 Å². The second-order valence-corrected chi connectivity index (χ2v) is 8.28. The minimum Gasteiger partial charge on any atom is -0.465 e. The molecule has 0 aliphatic carbocycles. The highest BCUT2D eigenvalue weighted by molar-refractivity contribution is 7.99. The summed E-state index contributed by atoms with van der Waals surface area (Å²) in [5, 5.41) is 3.65. The highest BCUT2D eigenvalue weighted by atomic mass is 32.2. The third-order valence-electron chi connectivity index (χ3n) is 5.07. The Hall–Kier alpha value is -3.53. The van der Waals surface area contributed by atoms with Crippen LogP contribution in [0.1, 0.15) is 30.1 Å². The molecule has 33 heavy (non-hydrogen) atoms. The molecule has 0 radical (unpaired) electrons. The van der Waals surface area contributed by atoms with Gasteiger partial charge in [0.1, 0.15) is 0 Å². The van der Waals surface area contributed by atoms with Crippen molar-refractivity contribution in [3.05, 3.63) is 52.3 Å². The standard InChI is InChI=1S/C23H23N3O6S/c1-3-4-9-26-21(28)16-7-5-14(22(29)30-2)10-17(16)25-23(26)33-12-20(27)24-15-6-8-18-19(11-15)32-13-31-18/h5-8,10-11H,3-4,9,12-13H2,1-2H3,(H,24,27). The van der Waals surface area contributed by atoms with Gasteiger partial charge in [-0.15, -0.1) is 0 Å². The lowest BCUT2D eigenvalue weighted by Gasteiger charge is -2.13. The SMILES string of the molecule is CCCCn1c(SCC(=O)Nc2ccc3c(c2)OCO3)nc2cc(C(=O)OC)ccc2c1=O. The van der Waals surface area contributed by atoms with Gasteiger partial charge in [0, 0.05) is 18.3 Å². The van der Waals surface area contributed by atoms with Crippen molar-refractivity contribution in [2.45, 2.75) is 31.5 Å². The van der Waals surface area contributed by atoms with Crippen LogP contribution < -0.4 is 20.3 Å². The predicted octanol–water partition coefficient (Wildman–Crippen LogP) is 3.44. The van der Waals surface area contributed by atoms with E-state index in [-0.39, 0.29) is 24.0 Å². The number of aromatic nitrogens is 2. The maximum atomic E-state index is 13.1. The Morgan fingerprint density at radius 3 is 2.79 bits per heavy atom. The summed E-state index contributed by atoms with van der Waals surface area (Å²) in [5.74, 6) is 0.500. The van der Waals surface area contributed by atoms with Crippen LogP contribution in [0.3, 0.4) is 0 Å². The number of benzene rings is 2. The summed E-state index contributed by atoms with van der Waals surface area (Å²) in [4.78, 5) is 42.2. The zero-order valence-corrected chi connectivity index (χ0v) is 19.1. The van der Waals surface area contributed by atoms with Crippen molar-refractivity contribution in [3.8, 4) is 11.5 Å². The van der Waals surface area contributed by atoms with E-state index in [9.17, 15) is 14.4 Å². The highest BCUT2D eigenvalue weighted by Gasteiger charge is 2.17. The summed E-state index contributed by atoms with van der Waals surface area (Å²) in [6, 6.07) is 9.83. The maximum absolute atomic E-state index is 13.1. The second-order valence-electron chi connectivity index (χ2n) is 7.33. The minimum atomic E-state index is -0.508. The van der Waals surface area contributed by atoms with Crippen LogP contribution in [0.15, 0.2) is 46.3 Å². The first-order chi connectivity index (χ1) is 16.0. The summed E-state index contributed by atoms with van der Waals surface area (Å²) in [6.45, 7) is 2.68. The molecule has 2 heterocycles. The van der Waals surface area contributed by atoms with E-state index < -0.39 is 5.97 Å². The van der Waals surface area contributed by atoms with Crippen LogP contribution in [0.5, 0.6) is 11.5 Å². The molecule has 10 heteroatoms. The average Bonchev–Trinajstić information content (AvgIpc) is 3.29.